The number of piperazine rings is 1. The molecule has 1 saturated heterocycles. The topological polar surface area (TPSA) is 97.3 Å². The number of carbonyl (C=O) groups is 1. The molecule has 1 fully saturated rings. The Balaban J connectivity index is 0.00000150. The quantitative estimate of drug-likeness (QED) is 0.610. The van der Waals surface area contributed by atoms with Gasteiger partial charge in [0, 0.05) is 49.4 Å². The van der Waals surface area contributed by atoms with E-state index in [1.807, 2.05) is 4.57 Å². The van der Waals surface area contributed by atoms with Crippen molar-refractivity contribution in [2.45, 2.75) is 32.7 Å². The van der Waals surface area contributed by atoms with E-state index in [-0.39, 0.29) is 41.1 Å². The van der Waals surface area contributed by atoms with Crippen LogP contribution in [-0.4, -0.2) is 58.7 Å². The summed E-state index contributed by atoms with van der Waals surface area (Å²) in [6.45, 7) is 9.06. The molecule has 0 spiro atoms. The molecule has 2 aromatic rings. The molecule has 0 bridgehead atoms. The van der Waals surface area contributed by atoms with Gasteiger partial charge in [-0.2, -0.15) is 0 Å². The molecular weight excluding hydrogens is 509 g/mol. The molecule has 0 radical (unpaired) electrons. The van der Waals surface area contributed by atoms with Crippen LogP contribution in [0.3, 0.4) is 0 Å². The van der Waals surface area contributed by atoms with Crippen molar-refractivity contribution in [1.82, 2.24) is 9.47 Å². The lowest BCUT2D eigenvalue weighted by Crippen LogP contribution is -2.46. The summed E-state index contributed by atoms with van der Waals surface area (Å²) in [6, 6.07) is 1.82. The number of aromatic carboxylic acids is 1. The molecule has 3 heterocycles. The van der Waals surface area contributed by atoms with Crippen LogP contribution in [0.5, 0.6) is 0 Å². The van der Waals surface area contributed by atoms with Gasteiger partial charge in [0.2, 0.25) is 5.43 Å². The molecule has 160 valence electrons. The average molecular weight is 536 g/mol. The molecule has 1 aromatic heterocycles. The third kappa shape index (κ3) is 3.99. The summed E-state index contributed by atoms with van der Waals surface area (Å²) in [5.74, 6) is -1.19. The molecule has 1 unspecified atom stereocenters. The lowest BCUT2D eigenvalue weighted by atomic mass is 9.93. The monoisotopic (exact) mass is 535 g/mol. The van der Waals surface area contributed by atoms with E-state index < -0.39 is 11.4 Å². The molecule has 2 aliphatic rings. The van der Waals surface area contributed by atoms with Gasteiger partial charge in [-0.25, -0.2) is 4.79 Å². The molecule has 9 heteroatoms. The SMILES string of the molecule is CCN1CCN(c2c(Cl)cc3c(=O)c(C(=O)O)cn4c3c2CCC4C)CC1.I.O. The van der Waals surface area contributed by atoms with E-state index in [0.29, 0.717) is 10.4 Å². The van der Waals surface area contributed by atoms with Crippen molar-refractivity contribution < 1.29 is 15.4 Å². The first kappa shape index (κ1) is 23.9. The first-order valence-corrected chi connectivity index (χ1v) is 9.91. The van der Waals surface area contributed by atoms with Crippen molar-refractivity contribution in [2.24, 2.45) is 0 Å². The summed E-state index contributed by atoms with van der Waals surface area (Å²) >= 11 is 6.66. The van der Waals surface area contributed by atoms with Crippen LogP contribution in [0.1, 0.15) is 42.2 Å². The maximum atomic E-state index is 12.8. The van der Waals surface area contributed by atoms with Crippen molar-refractivity contribution in [1.29, 1.82) is 0 Å². The third-order valence-electron chi connectivity index (χ3n) is 5.99. The van der Waals surface area contributed by atoms with Crippen molar-refractivity contribution in [3.63, 3.8) is 0 Å². The summed E-state index contributed by atoms with van der Waals surface area (Å²) in [4.78, 5) is 29.0. The van der Waals surface area contributed by atoms with Gasteiger partial charge >= 0.3 is 5.97 Å². The van der Waals surface area contributed by atoms with Crippen LogP contribution in [0.25, 0.3) is 10.9 Å². The number of nitrogens with zero attached hydrogens (tertiary/aromatic N) is 3. The summed E-state index contributed by atoms with van der Waals surface area (Å²) in [6.07, 6.45) is 3.24. The number of hydrogen-bond donors (Lipinski definition) is 1. The van der Waals surface area contributed by atoms with Crippen molar-refractivity contribution in [3.05, 3.63) is 38.6 Å². The Morgan fingerprint density at radius 1 is 1.28 bits per heavy atom. The van der Waals surface area contributed by atoms with Gasteiger partial charge in [0.05, 0.1) is 16.2 Å². The Bertz CT molecular complexity index is 986. The lowest BCUT2D eigenvalue weighted by Gasteiger charge is -2.38. The van der Waals surface area contributed by atoms with Crippen LogP contribution in [0.15, 0.2) is 17.1 Å². The Morgan fingerprint density at radius 3 is 2.52 bits per heavy atom. The average Bonchev–Trinajstić information content (AvgIpc) is 2.66. The van der Waals surface area contributed by atoms with Gasteiger partial charge in [0.25, 0.3) is 0 Å². The second kappa shape index (κ2) is 9.20. The molecule has 0 saturated carbocycles. The number of carboxylic acid groups (broad SMARTS) is 1. The fourth-order valence-electron chi connectivity index (χ4n) is 4.42. The number of aromatic nitrogens is 1. The van der Waals surface area contributed by atoms with Gasteiger partial charge in [0.15, 0.2) is 0 Å². The van der Waals surface area contributed by atoms with Crippen LogP contribution in [-0.2, 0) is 6.42 Å². The van der Waals surface area contributed by atoms with Crippen LogP contribution in [0, 0.1) is 0 Å². The second-order valence-electron chi connectivity index (χ2n) is 7.48. The predicted octanol–water partition coefficient (Wildman–Crippen LogP) is 2.80. The number of halogens is 2. The molecule has 2 aliphatic heterocycles. The highest BCUT2D eigenvalue weighted by Crippen LogP contribution is 2.41. The number of rotatable bonds is 3. The smallest absolute Gasteiger partial charge is 0.341 e. The first-order chi connectivity index (χ1) is 12.9. The van der Waals surface area contributed by atoms with E-state index in [1.54, 1.807) is 6.07 Å². The molecule has 4 rings (SSSR count). The molecular formula is C20H27ClIN3O4. The van der Waals surface area contributed by atoms with Gasteiger partial charge in [0.1, 0.15) is 5.56 Å². The zero-order valence-corrected chi connectivity index (χ0v) is 19.7. The van der Waals surface area contributed by atoms with E-state index in [9.17, 15) is 14.7 Å². The highest BCUT2D eigenvalue weighted by Gasteiger charge is 2.29. The van der Waals surface area contributed by atoms with Crippen LogP contribution in [0.2, 0.25) is 5.02 Å². The summed E-state index contributed by atoms with van der Waals surface area (Å²) in [5, 5.41) is 10.4. The molecule has 0 amide bonds. The van der Waals surface area contributed by atoms with Crippen molar-refractivity contribution >= 4 is 58.1 Å². The minimum absolute atomic E-state index is 0. The van der Waals surface area contributed by atoms with Gasteiger partial charge in [-0.05, 0) is 32.4 Å². The minimum atomic E-state index is -1.19. The van der Waals surface area contributed by atoms with Gasteiger partial charge in [-0.15, -0.1) is 24.0 Å². The van der Waals surface area contributed by atoms with Gasteiger partial charge in [-0.3, -0.25) is 4.79 Å². The highest BCUT2D eigenvalue weighted by atomic mass is 127. The maximum absolute atomic E-state index is 12.8. The molecule has 0 aliphatic carbocycles. The summed E-state index contributed by atoms with van der Waals surface area (Å²) in [7, 11) is 0. The number of anilines is 1. The normalized spacial score (nSPS) is 18.9. The first-order valence-electron chi connectivity index (χ1n) is 9.53. The number of likely N-dealkylation sites (N-methyl/N-ethyl adjacent to an activating group) is 1. The fourth-order valence-corrected chi connectivity index (χ4v) is 4.76. The number of hydrogen-bond acceptors (Lipinski definition) is 4. The zero-order valence-electron chi connectivity index (χ0n) is 16.6. The number of carboxylic acids is 1. The third-order valence-corrected chi connectivity index (χ3v) is 6.28. The van der Waals surface area contributed by atoms with Gasteiger partial charge in [-0.1, -0.05) is 18.5 Å². The van der Waals surface area contributed by atoms with E-state index >= 15 is 0 Å². The van der Waals surface area contributed by atoms with Crippen molar-refractivity contribution in [3.8, 4) is 0 Å². The molecule has 1 aromatic carbocycles. The van der Waals surface area contributed by atoms with Crippen LogP contribution < -0.4 is 10.3 Å². The number of benzene rings is 1. The lowest BCUT2D eigenvalue weighted by molar-refractivity contribution is 0.0694. The molecule has 7 nitrogen and oxygen atoms in total. The fraction of sp³-hybridized carbons (Fsp3) is 0.500. The van der Waals surface area contributed by atoms with E-state index in [4.69, 9.17) is 11.6 Å². The highest BCUT2D eigenvalue weighted by molar-refractivity contribution is 14.0. The summed E-state index contributed by atoms with van der Waals surface area (Å²) in [5.41, 5.74) is 2.30. The standard InChI is InChI=1S/C20H24ClN3O3.HI.H2O/c1-3-22-6-8-23(9-7-22)18-13-5-4-12(2)24-11-15(20(26)27)19(25)14(17(13)24)10-16(18)21;;/h10-12H,3-9H2,1-2H3,(H,26,27);1H;1H2. The van der Waals surface area contributed by atoms with Gasteiger partial charge < -0.3 is 24.9 Å². The Morgan fingerprint density at radius 2 is 1.93 bits per heavy atom. The maximum Gasteiger partial charge on any atom is 0.341 e. The summed E-state index contributed by atoms with van der Waals surface area (Å²) < 4.78 is 1.96. The van der Waals surface area contributed by atoms with E-state index in [0.717, 1.165) is 62.3 Å². The largest absolute Gasteiger partial charge is 0.477 e. The molecule has 29 heavy (non-hydrogen) atoms. The molecule has 3 N–H and O–H groups in total. The second-order valence-corrected chi connectivity index (χ2v) is 7.88. The minimum Gasteiger partial charge on any atom is -0.477 e. The van der Waals surface area contributed by atoms with Crippen molar-refractivity contribution in [2.75, 3.05) is 37.6 Å². The Hall–Kier alpha value is -1.36. The predicted molar refractivity (Wildman–Crippen MR) is 127 cm³/mol. The van der Waals surface area contributed by atoms with Crippen LogP contribution >= 0.6 is 35.6 Å². The zero-order chi connectivity index (χ0) is 19.3. The van der Waals surface area contributed by atoms with E-state index in [2.05, 4.69) is 23.6 Å². The Kier molecular flexibility index (Phi) is 7.58. The van der Waals surface area contributed by atoms with Crippen LogP contribution in [0.4, 0.5) is 5.69 Å². The van der Waals surface area contributed by atoms with E-state index in [1.165, 1.54) is 6.20 Å². The number of aryl methyl sites for hydroxylation is 1. The molecule has 1 atom stereocenters. The Labute approximate surface area is 191 Å². The number of pyridine rings is 1.